The molecule has 0 spiro atoms. The Kier molecular flexibility index (Phi) is 5.68. The monoisotopic (exact) mass is 356 g/mol. The van der Waals surface area contributed by atoms with Crippen LogP contribution in [0.1, 0.15) is 12.2 Å². The Morgan fingerprint density at radius 3 is 2.73 bits per heavy atom. The molecule has 7 heteroatoms. The first-order chi connectivity index (χ1) is 12.6. The van der Waals surface area contributed by atoms with Crippen LogP contribution in [0.4, 0.5) is 11.5 Å². The van der Waals surface area contributed by atoms with Gasteiger partial charge in [-0.1, -0.05) is 18.2 Å². The van der Waals surface area contributed by atoms with E-state index >= 15 is 0 Å². The molecule has 3 rings (SSSR count). The molecule has 1 fully saturated rings. The maximum atomic E-state index is 12.8. The topological polar surface area (TPSA) is 67.8 Å². The number of para-hydroxylation sites is 1. The summed E-state index contributed by atoms with van der Waals surface area (Å²) < 4.78 is 10.4. The summed E-state index contributed by atoms with van der Waals surface area (Å²) in [5, 5.41) is 0. The fraction of sp³-hybridized carbons (Fsp3) is 0.421. The van der Waals surface area contributed by atoms with E-state index in [-0.39, 0.29) is 11.8 Å². The van der Waals surface area contributed by atoms with Crippen LogP contribution in [0, 0.1) is 5.92 Å². The molecule has 26 heavy (non-hydrogen) atoms. The minimum Gasteiger partial charge on any atom is -0.481 e. The molecule has 0 saturated carbocycles. The molecule has 0 aliphatic carbocycles. The molecular weight excluding hydrogens is 332 g/mol. The molecule has 7 nitrogen and oxygen atoms in total. The predicted molar refractivity (Wildman–Crippen MR) is 99.5 cm³/mol. The highest BCUT2D eigenvalue weighted by Gasteiger charge is 2.31. The van der Waals surface area contributed by atoms with E-state index in [4.69, 9.17) is 9.47 Å². The Bertz CT molecular complexity index is 754. The third kappa shape index (κ3) is 3.94. The number of carbonyl (C=O) groups is 1. The zero-order valence-corrected chi connectivity index (χ0v) is 15.4. The summed E-state index contributed by atoms with van der Waals surface area (Å²) >= 11 is 0. The van der Waals surface area contributed by atoms with Gasteiger partial charge in [-0.25, -0.2) is 4.98 Å². The number of hydrogen-bond donors (Lipinski definition) is 0. The lowest BCUT2D eigenvalue weighted by molar-refractivity contribution is -0.121. The van der Waals surface area contributed by atoms with Crippen LogP contribution in [0.5, 0.6) is 5.88 Å². The van der Waals surface area contributed by atoms with Gasteiger partial charge in [0, 0.05) is 39.0 Å². The third-order valence-corrected chi connectivity index (χ3v) is 4.55. The Labute approximate surface area is 153 Å². The minimum absolute atomic E-state index is 0.0629. The van der Waals surface area contributed by atoms with Gasteiger partial charge in [0.2, 0.25) is 11.8 Å². The average Bonchev–Trinajstić information content (AvgIpc) is 3.17. The van der Waals surface area contributed by atoms with E-state index in [1.54, 1.807) is 25.2 Å². The van der Waals surface area contributed by atoms with E-state index in [2.05, 4.69) is 14.9 Å². The summed E-state index contributed by atoms with van der Waals surface area (Å²) in [5.41, 5.74) is 0.905. The molecule has 0 radical (unpaired) electrons. The summed E-state index contributed by atoms with van der Waals surface area (Å²) in [6.45, 7) is 1.71. The van der Waals surface area contributed by atoms with Crippen molar-refractivity contribution >= 4 is 17.4 Å². The molecule has 1 aliphatic heterocycles. The van der Waals surface area contributed by atoms with E-state index in [0.29, 0.717) is 24.9 Å². The van der Waals surface area contributed by atoms with Crippen LogP contribution < -0.4 is 14.5 Å². The number of amides is 1. The first-order valence-electron chi connectivity index (χ1n) is 8.61. The number of benzene rings is 1. The van der Waals surface area contributed by atoms with Crippen molar-refractivity contribution in [3.05, 3.63) is 42.2 Å². The van der Waals surface area contributed by atoms with Crippen LogP contribution in [0.3, 0.4) is 0 Å². The van der Waals surface area contributed by atoms with Crippen molar-refractivity contribution in [3.63, 3.8) is 0 Å². The fourth-order valence-corrected chi connectivity index (χ4v) is 3.14. The number of nitrogens with zero attached hydrogens (tertiary/aromatic N) is 4. The Hall–Kier alpha value is -2.67. The van der Waals surface area contributed by atoms with Crippen molar-refractivity contribution in [2.24, 2.45) is 5.92 Å². The predicted octanol–water partition coefficient (Wildman–Crippen LogP) is 2.12. The summed E-state index contributed by atoms with van der Waals surface area (Å²) in [6, 6.07) is 11.5. The first kappa shape index (κ1) is 18.1. The van der Waals surface area contributed by atoms with E-state index in [0.717, 1.165) is 24.5 Å². The van der Waals surface area contributed by atoms with E-state index in [9.17, 15) is 4.79 Å². The molecule has 1 aromatic heterocycles. The van der Waals surface area contributed by atoms with Crippen molar-refractivity contribution in [2.75, 3.05) is 44.2 Å². The van der Waals surface area contributed by atoms with Gasteiger partial charge in [-0.2, -0.15) is 4.98 Å². The van der Waals surface area contributed by atoms with E-state index < -0.39 is 0 Å². The average molecular weight is 356 g/mol. The molecule has 2 aromatic rings. The maximum absolute atomic E-state index is 12.8. The molecule has 1 amide bonds. The van der Waals surface area contributed by atoms with Crippen molar-refractivity contribution in [1.82, 2.24) is 9.97 Å². The number of methoxy groups -OCH3 is 2. The van der Waals surface area contributed by atoms with Crippen LogP contribution in [-0.2, 0) is 16.1 Å². The number of hydrogen-bond acceptors (Lipinski definition) is 6. The highest BCUT2D eigenvalue weighted by Crippen LogP contribution is 2.27. The SMILES string of the molecule is COCc1nc(OC)cc(N2CCC(C(=O)N(C)c3ccccc3)C2)n1. The van der Waals surface area contributed by atoms with Crippen molar-refractivity contribution in [2.45, 2.75) is 13.0 Å². The van der Waals surface area contributed by atoms with E-state index in [1.807, 2.05) is 37.4 Å². The molecule has 1 aromatic carbocycles. The normalized spacial score (nSPS) is 16.6. The lowest BCUT2D eigenvalue weighted by atomic mass is 10.1. The summed E-state index contributed by atoms with van der Waals surface area (Å²) in [6.07, 6.45) is 0.794. The zero-order chi connectivity index (χ0) is 18.5. The van der Waals surface area contributed by atoms with Gasteiger partial charge < -0.3 is 19.3 Å². The molecule has 1 atom stereocenters. The lowest BCUT2D eigenvalue weighted by Crippen LogP contribution is -2.34. The van der Waals surface area contributed by atoms with Gasteiger partial charge in [0.05, 0.1) is 13.0 Å². The summed E-state index contributed by atoms with van der Waals surface area (Å²) in [5.74, 6) is 1.89. The Morgan fingerprint density at radius 2 is 2.04 bits per heavy atom. The fourth-order valence-electron chi connectivity index (χ4n) is 3.14. The molecule has 2 heterocycles. The van der Waals surface area contributed by atoms with Gasteiger partial charge in [0.15, 0.2) is 5.82 Å². The summed E-state index contributed by atoms with van der Waals surface area (Å²) in [4.78, 5) is 25.5. The second-order valence-corrected chi connectivity index (χ2v) is 6.28. The van der Waals surface area contributed by atoms with Gasteiger partial charge in [-0.15, -0.1) is 0 Å². The van der Waals surface area contributed by atoms with Gasteiger partial charge >= 0.3 is 0 Å². The molecule has 138 valence electrons. The second kappa shape index (κ2) is 8.14. The third-order valence-electron chi connectivity index (χ3n) is 4.55. The van der Waals surface area contributed by atoms with Crippen LogP contribution in [0.15, 0.2) is 36.4 Å². The Morgan fingerprint density at radius 1 is 1.27 bits per heavy atom. The number of ether oxygens (including phenoxy) is 2. The lowest BCUT2D eigenvalue weighted by Gasteiger charge is -2.22. The van der Waals surface area contributed by atoms with Gasteiger partial charge in [-0.3, -0.25) is 4.79 Å². The zero-order valence-electron chi connectivity index (χ0n) is 15.4. The molecule has 0 N–H and O–H groups in total. The maximum Gasteiger partial charge on any atom is 0.231 e. The van der Waals surface area contributed by atoms with Gasteiger partial charge in [0.25, 0.3) is 0 Å². The van der Waals surface area contributed by atoms with Crippen LogP contribution >= 0.6 is 0 Å². The minimum atomic E-state index is -0.0629. The van der Waals surface area contributed by atoms with Gasteiger partial charge in [-0.05, 0) is 18.6 Å². The molecule has 1 unspecified atom stereocenters. The quantitative estimate of drug-likeness (QED) is 0.790. The van der Waals surface area contributed by atoms with Crippen molar-refractivity contribution in [3.8, 4) is 5.88 Å². The number of aromatic nitrogens is 2. The highest BCUT2D eigenvalue weighted by atomic mass is 16.5. The Balaban J connectivity index is 1.72. The summed E-state index contributed by atoms with van der Waals surface area (Å²) in [7, 11) is 5.01. The highest BCUT2D eigenvalue weighted by molar-refractivity contribution is 5.95. The van der Waals surface area contributed by atoms with Crippen LogP contribution in [-0.4, -0.2) is 50.2 Å². The molecule has 1 aliphatic rings. The van der Waals surface area contributed by atoms with E-state index in [1.165, 1.54) is 0 Å². The van der Waals surface area contributed by atoms with Crippen LogP contribution in [0.2, 0.25) is 0 Å². The van der Waals surface area contributed by atoms with Crippen LogP contribution in [0.25, 0.3) is 0 Å². The molecule has 0 bridgehead atoms. The number of anilines is 2. The number of rotatable bonds is 6. The molecular formula is C19H24N4O3. The largest absolute Gasteiger partial charge is 0.481 e. The second-order valence-electron chi connectivity index (χ2n) is 6.28. The number of carbonyl (C=O) groups excluding carboxylic acids is 1. The standard InChI is InChI=1S/C19H24N4O3/c1-22(15-7-5-4-6-8-15)19(24)14-9-10-23(12-14)17-11-18(26-3)21-16(20-17)13-25-2/h4-8,11,14H,9-10,12-13H2,1-3H3. The smallest absolute Gasteiger partial charge is 0.231 e. The van der Waals surface area contributed by atoms with Crippen molar-refractivity contribution in [1.29, 1.82) is 0 Å². The van der Waals surface area contributed by atoms with Crippen molar-refractivity contribution < 1.29 is 14.3 Å². The first-order valence-corrected chi connectivity index (χ1v) is 8.61. The van der Waals surface area contributed by atoms with Gasteiger partial charge in [0.1, 0.15) is 12.4 Å². The molecule has 1 saturated heterocycles.